The Balaban J connectivity index is 0.793. The summed E-state index contributed by atoms with van der Waals surface area (Å²) in [4.78, 5) is 51.4. The minimum atomic E-state index is -0.389. The number of nitrogens with one attached hydrogen (secondary N) is 1. The molecule has 2 saturated carbocycles. The highest BCUT2D eigenvalue weighted by atomic mass is 16.5. The Labute approximate surface area is 335 Å². The molecule has 3 aliphatic heterocycles. The molecule has 1 unspecified atom stereocenters. The number of aliphatic hydroxyl groups excluding tert-OH is 1. The quantitative estimate of drug-likeness (QED) is 0.0981. The third kappa shape index (κ3) is 8.42. The summed E-state index contributed by atoms with van der Waals surface area (Å²) in [5.41, 5.74) is 5.01. The lowest BCUT2D eigenvalue weighted by molar-refractivity contribution is -0.137. The minimum Gasteiger partial charge on any atom is -0.393 e. The molecular formula is C46H69N3O7. The number of ketones is 1. The molecule has 4 fully saturated rings. The number of unbranched alkanes of at least 4 members (excludes halogenated alkanes) is 4. The third-order valence-electron chi connectivity index (χ3n) is 15.6. The molecule has 2 saturated heterocycles. The van der Waals surface area contributed by atoms with Crippen LogP contribution in [0.5, 0.6) is 0 Å². The van der Waals surface area contributed by atoms with Crippen LogP contribution in [-0.4, -0.2) is 102 Å². The molecule has 3 amide bonds. The first-order valence-corrected chi connectivity index (χ1v) is 22.3. The molecule has 10 heteroatoms. The van der Waals surface area contributed by atoms with Gasteiger partial charge in [-0.3, -0.25) is 29.0 Å². The van der Waals surface area contributed by atoms with Gasteiger partial charge in [-0.05, 0) is 112 Å². The van der Waals surface area contributed by atoms with Crippen molar-refractivity contribution in [1.29, 1.82) is 0 Å². The second-order valence-corrected chi connectivity index (χ2v) is 18.9. The predicted octanol–water partition coefficient (Wildman–Crippen LogP) is 6.46. The standard InChI is InChI=1S/C46H69N3O7/c1-30-26-40-44(32(3)46(56-40)20-16-36-37-12-11-33-27-35(51)15-19-45(33,4)39(37)28-38(36)31(46)2)48(29-30)22-9-7-5-6-8-10-34(50)18-24-55-25-21-47-41(52)17-23-49-42(53)13-14-43(49)54/h11,13-14,30,32,35-37,39-40,44,51H,5-10,12,15-29H2,1-4H3,(H,47,52)/t30-,32+,35-,36-,37-,39-,40+,44?,45-,46-/m0/s1. The number of ether oxygens (including phenoxy) is 2. The van der Waals surface area contributed by atoms with E-state index in [0.29, 0.717) is 68.4 Å². The van der Waals surface area contributed by atoms with Gasteiger partial charge in [0.25, 0.3) is 11.8 Å². The van der Waals surface area contributed by atoms with E-state index in [4.69, 9.17) is 9.47 Å². The lowest BCUT2D eigenvalue weighted by Crippen LogP contribution is -2.52. The molecule has 4 aliphatic carbocycles. The van der Waals surface area contributed by atoms with Crippen LogP contribution in [0.1, 0.15) is 130 Å². The van der Waals surface area contributed by atoms with Gasteiger partial charge in [-0.2, -0.15) is 0 Å². The maximum absolute atomic E-state index is 12.4. The number of likely N-dealkylation sites (tertiary alicyclic amines) is 1. The number of piperidine rings is 1. The van der Waals surface area contributed by atoms with Gasteiger partial charge in [0, 0.05) is 63.0 Å². The Hall–Kier alpha value is -2.66. The number of Topliss-reactive ketones (excluding diaryl/α,β-unsaturated/α-hetero) is 1. The Morgan fingerprint density at radius 1 is 0.964 bits per heavy atom. The van der Waals surface area contributed by atoms with Gasteiger partial charge in [-0.25, -0.2) is 0 Å². The van der Waals surface area contributed by atoms with E-state index < -0.39 is 0 Å². The normalized spacial score (nSPS) is 36.4. The lowest BCUT2D eigenvalue weighted by atomic mass is 9.56. The molecule has 2 N–H and O–H groups in total. The zero-order valence-corrected chi connectivity index (χ0v) is 34.7. The van der Waals surface area contributed by atoms with Gasteiger partial charge in [-0.1, -0.05) is 57.3 Å². The smallest absolute Gasteiger partial charge is 0.253 e. The van der Waals surface area contributed by atoms with Crippen LogP contribution in [0.3, 0.4) is 0 Å². The van der Waals surface area contributed by atoms with Gasteiger partial charge in [-0.15, -0.1) is 0 Å². The van der Waals surface area contributed by atoms with Crippen molar-refractivity contribution in [2.45, 2.75) is 154 Å². The topological polar surface area (TPSA) is 125 Å². The van der Waals surface area contributed by atoms with Crippen molar-refractivity contribution in [3.63, 3.8) is 0 Å². The van der Waals surface area contributed by atoms with Crippen molar-refractivity contribution < 1.29 is 33.8 Å². The van der Waals surface area contributed by atoms with Crippen LogP contribution >= 0.6 is 0 Å². The van der Waals surface area contributed by atoms with E-state index in [1.54, 1.807) is 16.7 Å². The number of aliphatic hydroxyl groups is 1. The second-order valence-electron chi connectivity index (χ2n) is 18.9. The van der Waals surface area contributed by atoms with Gasteiger partial charge >= 0.3 is 0 Å². The molecule has 1 spiro atoms. The van der Waals surface area contributed by atoms with E-state index in [1.807, 2.05) is 0 Å². The van der Waals surface area contributed by atoms with E-state index in [-0.39, 0.29) is 53.6 Å². The number of nitrogens with zero attached hydrogens (tertiary/aromatic N) is 2. The Morgan fingerprint density at radius 2 is 1.73 bits per heavy atom. The summed E-state index contributed by atoms with van der Waals surface area (Å²) in [5.74, 6) is 2.49. The molecular weight excluding hydrogens is 707 g/mol. The lowest BCUT2D eigenvalue weighted by Gasteiger charge is -2.49. The summed E-state index contributed by atoms with van der Waals surface area (Å²) in [6.07, 6.45) is 20.6. The predicted molar refractivity (Wildman–Crippen MR) is 215 cm³/mol. The van der Waals surface area contributed by atoms with Crippen LogP contribution in [0.25, 0.3) is 0 Å². The van der Waals surface area contributed by atoms with Crippen molar-refractivity contribution >= 4 is 23.5 Å². The van der Waals surface area contributed by atoms with E-state index in [0.717, 1.165) is 68.9 Å². The number of rotatable bonds is 17. The number of allylic oxidation sites excluding steroid dienone is 2. The molecule has 0 aromatic carbocycles. The molecule has 10 atom stereocenters. The Morgan fingerprint density at radius 3 is 2.54 bits per heavy atom. The monoisotopic (exact) mass is 776 g/mol. The van der Waals surface area contributed by atoms with E-state index in [9.17, 15) is 24.3 Å². The number of carbonyl (C=O) groups excluding carboxylic acids is 4. The van der Waals surface area contributed by atoms with Crippen molar-refractivity contribution in [3.8, 4) is 0 Å². The summed E-state index contributed by atoms with van der Waals surface area (Å²) < 4.78 is 12.9. The van der Waals surface area contributed by atoms with Crippen LogP contribution in [0.15, 0.2) is 34.9 Å². The third-order valence-corrected chi connectivity index (χ3v) is 15.6. The summed E-state index contributed by atoms with van der Waals surface area (Å²) in [7, 11) is 0. The summed E-state index contributed by atoms with van der Waals surface area (Å²) in [6.45, 7) is 13.2. The van der Waals surface area contributed by atoms with Crippen LogP contribution in [0.4, 0.5) is 0 Å². The number of fused-ring (bicyclic) bond motifs is 6. The van der Waals surface area contributed by atoms with E-state index in [2.05, 4.69) is 44.0 Å². The molecule has 310 valence electrons. The number of amides is 3. The number of imide groups is 1. The van der Waals surface area contributed by atoms with Gasteiger partial charge in [0.1, 0.15) is 5.78 Å². The van der Waals surface area contributed by atoms with E-state index >= 15 is 0 Å². The van der Waals surface area contributed by atoms with Gasteiger partial charge in [0.2, 0.25) is 5.91 Å². The van der Waals surface area contributed by atoms with Crippen LogP contribution < -0.4 is 5.32 Å². The van der Waals surface area contributed by atoms with Crippen molar-refractivity contribution in [2.75, 3.05) is 39.4 Å². The molecule has 0 aromatic heterocycles. The zero-order valence-electron chi connectivity index (χ0n) is 34.7. The highest BCUT2D eigenvalue weighted by Gasteiger charge is 2.61. The second kappa shape index (κ2) is 17.7. The Kier molecular flexibility index (Phi) is 13.1. The highest BCUT2D eigenvalue weighted by Crippen LogP contribution is 2.65. The number of hydrogen-bond acceptors (Lipinski definition) is 8. The first-order chi connectivity index (χ1) is 26.9. The first kappa shape index (κ1) is 41.5. The number of hydrogen-bond donors (Lipinski definition) is 2. The molecule has 3 heterocycles. The van der Waals surface area contributed by atoms with Gasteiger partial charge < -0.3 is 19.9 Å². The number of carbonyl (C=O) groups is 4. The van der Waals surface area contributed by atoms with Gasteiger partial charge in [0.05, 0.1) is 31.0 Å². The molecule has 7 rings (SSSR count). The zero-order chi connectivity index (χ0) is 39.6. The van der Waals surface area contributed by atoms with Crippen LogP contribution in [0.2, 0.25) is 0 Å². The highest BCUT2D eigenvalue weighted by molar-refractivity contribution is 6.13. The fraction of sp³-hybridized carbons (Fsp3) is 0.783. The minimum absolute atomic E-state index is 0.0531. The molecule has 56 heavy (non-hydrogen) atoms. The van der Waals surface area contributed by atoms with E-state index in [1.165, 1.54) is 50.7 Å². The van der Waals surface area contributed by atoms with Crippen LogP contribution in [0, 0.1) is 35.0 Å². The fourth-order valence-corrected chi connectivity index (χ4v) is 12.5. The average Bonchev–Trinajstić information content (AvgIpc) is 3.81. The maximum Gasteiger partial charge on any atom is 0.253 e. The molecule has 0 aromatic rings. The molecule has 10 nitrogen and oxygen atoms in total. The Bertz CT molecular complexity index is 1570. The fourth-order valence-electron chi connectivity index (χ4n) is 12.5. The molecule has 0 bridgehead atoms. The first-order valence-electron chi connectivity index (χ1n) is 22.3. The summed E-state index contributed by atoms with van der Waals surface area (Å²) in [5, 5.41) is 13.2. The van der Waals surface area contributed by atoms with Crippen molar-refractivity contribution in [3.05, 3.63) is 34.9 Å². The summed E-state index contributed by atoms with van der Waals surface area (Å²) in [6, 6.07) is 0.486. The SMILES string of the molecule is CC1=C2C[C@H]3[C@@H](CC=C4C[C@@H](O)CC[C@@]43C)[C@@H]2CC[C@]12O[C@@H]1C[C@H](C)CN(CCCCCCCC(=O)CCOCCNC(=O)CCN3C(=O)C=CC3=O)C1[C@H]2C. The average molecular weight is 776 g/mol. The van der Waals surface area contributed by atoms with Crippen LogP contribution in [-0.2, 0) is 28.7 Å². The molecule has 0 radical (unpaired) electrons. The largest absolute Gasteiger partial charge is 0.393 e. The molecule has 7 aliphatic rings. The van der Waals surface area contributed by atoms with Crippen molar-refractivity contribution in [2.24, 2.45) is 35.0 Å². The van der Waals surface area contributed by atoms with Crippen molar-refractivity contribution in [1.82, 2.24) is 15.1 Å². The maximum atomic E-state index is 12.4. The summed E-state index contributed by atoms with van der Waals surface area (Å²) >= 11 is 0. The van der Waals surface area contributed by atoms with Gasteiger partial charge in [0.15, 0.2) is 0 Å².